The van der Waals surface area contributed by atoms with Crippen LogP contribution in [0.5, 0.6) is 5.75 Å². The molecule has 11 heteroatoms. The molecule has 0 saturated carbocycles. The van der Waals surface area contributed by atoms with Crippen molar-refractivity contribution in [3.63, 3.8) is 0 Å². The van der Waals surface area contributed by atoms with Gasteiger partial charge in [-0.05, 0) is 18.2 Å². The summed E-state index contributed by atoms with van der Waals surface area (Å²) in [5.74, 6) is -0.694. The fourth-order valence-corrected chi connectivity index (χ4v) is 3.20. The van der Waals surface area contributed by atoms with E-state index in [0.29, 0.717) is 17.1 Å². The summed E-state index contributed by atoms with van der Waals surface area (Å²) in [5, 5.41) is 15.1. The van der Waals surface area contributed by atoms with Crippen LogP contribution < -0.4 is 25.6 Å². The molecule has 0 atom stereocenters. The van der Waals surface area contributed by atoms with Crippen molar-refractivity contribution in [3.8, 4) is 5.75 Å². The molecule has 0 bridgehead atoms. The Morgan fingerprint density at radius 2 is 1.97 bits per heavy atom. The third-order valence-corrected chi connectivity index (χ3v) is 4.74. The first-order valence-corrected chi connectivity index (χ1v) is 9.73. The van der Waals surface area contributed by atoms with Gasteiger partial charge in [-0.2, -0.15) is 4.98 Å². The molecule has 11 nitrogen and oxygen atoms in total. The van der Waals surface area contributed by atoms with Gasteiger partial charge in [0.05, 0.1) is 24.7 Å². The van der Waals surface area contributed by atoms with Crippen LogP contribution in [-0.2, 0) is 0 Å². The molecule has 4 N–H and O–H groups in total. The first kappa shape index (κ1) is 20.3. The SMILES string of the molecule is COc1cccc(NC(=O)c2n[nH]c(C(=O)Nc3cnccc3N3CCNCC3)n2)c1. The number of aromatic nitrogens is 4. The monoisotopic (exact) mass is 422 g/mol. The van der Waals surface area contributed by atoms with Gasteiger partial charge in [0.15, 0.2) is 0 Å². The summed E-state index contributed by atoms with van der Waals surface area (Å²) in [4.78, 5) is 35.4. The molecule has 2 aromatic heterocycles. The lowest BCUT2D eigenvalue weighted by atomic mass is 10.2. The van der Waals surface area contributed by atoms with Crippen molar-refractivity contribution in [3.05, 3.63) is 54.4 Å². The number of pyridine rings is 1. The maximum absolute atomic E-state index is 12.7. The predicted molar refractivity (Wildman–Crippen MR) is 115 cm³/mol. The van der Waals surface area contributed by atoms with Crippen molar-refractivity contribution in [1.29, 1.82) is 0 Å². The number of piperazine rings is 1. The normalized spacial score (nSPS) is 13.5. The van der Waals surface area contributed by atoms with Crippen molar-refractivity contribution in [1.82, 2.24) is 25.5 Å². The summed E-state index contributed by atoms with van der Waals surface area (Å²) in [6.07, 6.45) is 3.27. The van der Waals surface area contributed by atoms with E-state index in [1.165, 1.54) is 7.11 Å². The number of anilines is 3. The van der Waals surface area contributed by atoms with E-state index in [1.54, 1.807) is 36.7 Å². The van der Waals surface area contributed by atoms with Crippen molar-refractivity contribution in [2.45, 2.75) is 0 Å². The zero-order chi connectivity index (χ0) is 21.6. The first-order chi connectivity index (χ1) is 15.1. The van der Waals surface area contributed by atoms with Gasteiger partial charge in [0, 0.05) is 44.1 Å². The lowest BCUT2D eigenvalue weighted by Crippen LogP contribution is -2.43. The predicted octanol–water partition coefficient (Wildman–Crippen LogP) is 1.12. The van der Waals surface area contributed by atoms with E-state index in [1.807, 2.05) is 6.07 Å². The largest absolute Gasteiger partial charge is 0.497 e. The zero-order valence-electron chi connectivity index (χ0n) is 16.9. The Hall–Kier alpha value is -3.99. The van der Waals surface area contributed by atoms with Gasteiger partial charge in [-0.25, -0.2) is 0 Å². The summed E-state index contributed by atoms with van der Waals surface area (Å²) in [6, 6.07) is 8.74. The molecular formula is C20H22N8O3. The van der Waals surface area contributed by atoms with Crippen molar-refractivity contribution < 1.29 is 14.3 Å². The van der Waals surface area contributed by atoms with Crippen LogP contribution in [0, 0.1) is 0 Å². The molecule has 0 aliphatic carbocycles. The van der Waals surface area contributed by atoms with Gasteiger partial charge in [-0.1, -0.05) is 6.07 Å². The van der Waals surface area contributed by atoms with Crippen LogP contribution in [0.2, 0.25) is 0 Å². The molecule has 31 heavy (non-hydrogen) atoms. The summed E-state index contributed by atoms with van der Waals surface area (Å²) in [5.41, 5.74) is 1.96. The topological polar surface area (TPSA) is 137 Å². The minimum absolute atomic E-state index is 0.0779. The van der Waals surface area contributed by atoms with E-state index < -0.39 is 11.8 Å². The Balaban J connectivity index is 1.44. The number of methoxy groups -OCH3 is 1. The standard InChI is InChI=1S/C20H22N8O3/c1-31-14-4-2-3-13(11-14)23-19(29)17-25-18(27-26-17)20(30)24-15-12-22-6-5-16(15)28-9-7-21-8-10-28/h2-6,11-12,21H,7-10H2,1H3,(H,23,29)(H,24,30)(H,25,26,27). The summed E-state index contributed by atoms with van der Waals surface area (Å²) in [6.45, 7) is 3.38. The summed E-state index contributed by atoms with van der Waals surface area (Å²) in [7, 11) is 1.54. The number of hydrogen-bond donors (Lipinski definition) is 4. The van der Waals surface area contributed by atoms with Crippen LogP contribution in [-0.4, -0.2) is 65.3 Å². The van der Waals surface area contributed by atoms with Crippen LogP contribution in [0.25, 0.3) is 0 Å². The number of benzene rings is 1. The highest BCUT2D eigenvalue weighted by atomic mass is 16.5. The lowest BCUT2D eigenvalue weighted by molar-refractivity contribution is 0.101. The molecule has 3 aromatic rings. The first-order valence-electron chi connectivity index (χ1n) is 9.73. The highest BCUT2D eigenvalue weighted by Gasteiger charge is 2.20. The van der Waals surface area contributed by atoms with E-state index in [0.717, 1.165) is 31.9 Å². The third-order valence-electron chi connectivity index (χ3n) is 4.74. The Morgan fingerprint density at radius 1 is 1.13 bits per heavy atom. The minimum Gasteiger partial charge on any atom is -0.497 e. The van der Waals surface area contributed by atoms with Gasteiger partial charge < -0.3 is 25.6 Å². The van der Waals surface area contributed by atoms with Gasteiger partial charge in [0.1, 0.15) is 5.75 Å². The molecule has 1 saturated heterocycles. The van der Waals surface area contributed by atoms with Crippen LogP contribution in [0.15, 0.2) is 42.7 Å². The molecule has 1 fully saturated rings. The highest BCUT2D eigenvalue weighted by Crippen LogP contribution is 2.25. The number of amides is 2. The quantitative estimate of drug-likeness (QED) is 0.464. The molecule has 0 spiro atoms. The second-order valence-corrected chi connectivity index (χ2v) is 6.78. The van der Waals surface area contributed by atoms with E-state index in [4.69, 9.17) is 4.74 Å². The Morgan fingerprint density at radius 3 is 2.77 bits per heavy atom. The fourth-order valence-electron chi connectivity index (χ4n) is 3.20. The molecule has 1 aliphatic rings. The molecule has 0 unspecified atom stereocenters. The van der Waals surface area contributed by atoms with Gasteiger partial charge in [0.2, 0.25) is 11.6 Å². The van der Waals surface area contributed by atoms with Gasteiger partial charge >= 0.3 is 0 Å². The van der Waals surface area contributed by atoms with E-state index in [-0.39, 0.29) is 11.6 Å². The Bertz CT molecular complexity index is 1080. The molecule has 3 heterocycles. The number of H-pyrrole nitrogens is 1. The molecule has 2 amide bonds. The highest BCUT2D eigenvalue weighted by molar-refractivity contribution is 6.05. The van der Waals surface area contributed by atoms with Crippen LogP contribution in [0.3, 0.4) is 0 Å². The maximum atomic E-state index is 12.7. The van der Waals surface area contributed by atoms with Crippen LogP contribution in [0.4, 0.5) is 17.1 Å². The van der Waals surface area contributed by atoms with Gasteiger partial charge in [-0.15, -0.1) is 5.10 Å². The zero-order valence-corrected chi connectivity index (χ0v) is 16.9. The molecule has 0 radical (unpaired) electrons. The number of rotatable bonds is 6. The second kappa shape index (κ2) is 9.22. The molecule has 160 valence electrons. The molecule has 4 rings (SSSR count). The van der Waals surface area contributed by atoms with E-state index in [2.05, 4.69) is 41.0 Å². The van der Waals surface area contributed by atoms with Crippen molar-refractivity contribution >= 4 is 28.9 Å². The van der Waals surface area contributed by atoms with Crippen LogP contribution >= 0.6 is 0 Å². The average molecular weight is 422 g/mol. The van der Waals surface area contributed by atoms with Crippen molar-refractivity contribution in [2.75, 3.05) is 48.8 Å². The van der Waals surface area contributed by atoms with Crippen LogP contribution in [0.1, 0.15) is 21.2 Å². The molecular weight excluding hydrogens is 400 g/mol. The Labute approximate surface area is 178 Å². The summed E-state index contributed by atoms with van der Waals surface area (Å²) >= 11 is 0. The Kier molecular flexibility index (Phi) is 6.03. The third kappa shape index (κ3) is 4.78. The van der Waals surface area contributed by atoms with Gasteiger partial charge in [-0.3, -0.25) is 19.7 Å². The number of carbonyl (C=O) groups excluding carboxylic acids is 2. The van der Waals surface area contributed by atoms with Gasteiger partial charge in [0.25, 0.3) is 11.8 Å². The molecule has 1 aromatic carbocycles. The van der Waals surface area contributed by atoms with E-state index >= 15 is 0 Å². The lowest BCUT2D eigenvalue weighted by Gasteiger charge is -2.30. The number of nitrogens with zero attached hydrogens (tertiary/aromatic N) is 4. The fraction of sp³-hybridized carbons (Fsp3) is 0.250. The summed E-state index contributed by atoms with van der Waals surface area (Å²) < 4.78 is 5.13. The van der Waals surface area contributed by atoms with E-state index in [9.17, 15) is 9.59 Å². The minimum atomic E-state index is -0.550. The van der Waals surface area contributed by atoms with Crippen molar-refractivity contribution in [2.24, 2.45) is 0 Å². The number of hydrogen-bond acceptors (Lipinski definition) is 8. The number of aromatic amines is 1. The number of carbonyl (C=O) groups is 2. The molecule has 1 aliphatic heterocycles. The number of ether oxygens (including phenoxy) is 1. The second-order valence-electron chi connectivity index (χ2n) is 6.78. The maximum Gasteiger partial charge on any atom is 0.295 e. The smallest absolute Gasteiger partial charge is 0.295 e. The average Bonchev–Trinajstić information content (AvgIpc) is 3.31. The number of nitrogens with one attached hydrogen (secondary N) is 4.